The second-order valence-corrected chi connectivity index (χ2v) is 13.1. The van der Waals surface area contributed by atoms with Crippen molar-refractivity contribution in [3.63, 3.8) is 0 Å². The van der Waals surface area contributed by atoms with E-state index in [2.05, 4.69) is 21.3 Å². The number of carbonyl (C=O) groups excluding carboxylic acids is 4. The van der Waals surface area contributed by atoms with E-state index < -0.39 is 30.3 Å². The number of hydrogen-bond donors (Lipinski definition) is 9. The maximum atomic E-state index is 13.4. The molecule has 1 saturated carbocycles. The number of carbonyl (C=O) groups is 6. The lowest BCUT2D eigenvalue weighted by Crippen LogP contribution is -2.41. The number of guanidine groups is 1. The van der Waals surface area contributed by atoms with Crippen molar-refractivity contribution in [1.82, 2.24) is 20.9 Å². The molecule has 17 nitrogen and oxygen atoms in total. The van der Waals surface area contributed by atoms with Crippen molar-refractivity contribution in [3.8, 4) is 5.75 Å². The molecule has 0 radical (unpaired) electrons. The van der Waals surface area contributed by atoms with Crippen LogP contribution in [-0.2, 0) is 25.7 Å². The summed E-state index contributed by atoms with van der Waals surface area (Å²) in [6.45, 7) is 1.99. The molecule has 0 spiro atoms. The first-order chi connectivity index (χ1) is 27.6. The highest BCUT2D eigenvalue weighted by Crippen LogP contribution is 2.33. The highest BCUT2D eigenvalue weighted by atomic mass is 19.4. The van der Waals surface area contributed by atoms with Gasteiger partial charge in [0.2, 0.25) is 5.91 Å². The third-order valence-electron chi connectivity index (χ3n) is 8.20. The lowest BCUT2D eigenvalue weighted by atomic mass is 10.1. The van der Waals surface area contributed by atoms with Crippen LogP contribution in [0, 0.1) is 5.41 Å². The minimum absolute atomic E-state index is 0.0705. The molecule has 1 unspecified atom stereocenters. The molecule has 0 bridgehead atoms. The Labute approximate surface area is 333 Å². The highest BCUT2D eigenvalue weighted by Gasteiger charge is 2.39. The number of ether oxygens (including phenoxy) is 1. The van der Waals surface area contributed by atoms with E-state index in [0.29, 0.717) is 61.6 Å². The average Bonchev–Trinajstić information content (AvgIpc) is 4.01. The molecule has 1 aliphatic carbocycles. The number of rotatable bonds is 17. The molecule has 1 heterocycles. The summed E-state index contributed by atoms with van der Waals surface area (Å²) in [7, 11) is 0. The van der Waals surface area contributed by atoms with Crippen molar-refractivity contribution < 1.29 is 70.1 Å². The second kappa shape index (κ2) is 23.3. The summed E-state index contributed by atoms with van der Waals surface area (Å²) in [5.41, 5.74) is 13.7. The van der Waals surface area contributed by atoms with Crippen LogP contribution in [0.1, 0.15) is 77.6 Å². The maximum Gasteiger partial charge on any atom is 0.490 e. The van der Waals surface area contributed by atoms with Crippen molar-refractivity contribution in [2.45, 2.75) is 82.3 Å². The summed E-state index contributed by atoms with van der Waals surface area (Å²) in [5, 5.41) is 32.6. The van der Waals surface area contributed by atoms with Crippen LogP contribution in [0.2, 0.25) is 0 Å². The summed E-state index contributed by atoms with van der Waals surface area (Å²) < 4.78 is 69.0. The predicted octanol–water partition coefficient (Wildman–Crippen LogP) is 3.09. The molecule has 0 aromatic heterocycles. The fourth-order valence-electron chi connectivity index (χ4n) is 5.01. The average molecular weight is 849 g/mol. The quantitative estimate of drug-likeness (QED) is 0.0481. The minimum Gasteiger partial charge on any atom is -0.482 e. The fraction of sp³-hybridized carbons (Fsp3) is 0.472. The van der Waals surface area contributed by atoms with Crippen LogP contribution < -0.4 is 37.5 Å². The number of amides is 4. The first kappa shape index (κ1) is 49.0. The van der Waals surface area contributed by atoms with Gasteiger partial charge in [0, 0.05) is 43.3 Å². The first-order valence-electron chi connectivity index (χ1n) is 18.1. The van der Waals surface area contributed by atoms with E-state index in [-0.39, 0.29) is 42.2 Å². The van der Waals surface area contributed by atoms with E-state index in [4.69, 9.17) is 41.4 Å². The van der Waals surface area contributed by atoms with Gasteiger partial charge in [-0.15, -0.1) is 0 Å². The SMILES string of the molecule is N=C(N)NCCCC(N)C(=O)NCCCCCCNC(=O)c1ccc(CN(C(=O)c2ccc3c(c2)OCC(=O)N3)C2CC2)cc1.O=C(O)C(F)(F)F.O=C(O)C(F)(F)F. The zero-order valence-electron chi connectivity index (χ0n) is 31.5. The highest BCUT2D eigenvalue weighted by molar-refractivity contribution is 5.99. The van der Waals surface area contributed by atoms with Crippen LogP contribution >= 0.6 is 0 Å². The lowest BCUT2D eigenvalue weighted by molar-refractivity contribution is -0.193. The molecule has 2 aromatic rings. The molecular formula is C36H46F6N8O9. The standard InChI is InChI=1S/C32H44N8O5.2C2HF3O2/c33-25(6-5-17-38-32(34)35)30(43)37-16-4-2-1-3-15-36-29(42)22-9-7-21(8-10-22)19-40(24-12-13-24)31(44)23-11-14-26-27(18-23)45-20-28(41)39-26;2*3-2(4,5)1(6)7/h7-11,14,18,24-25H,1-6,12-13,15-17,19-20,33H2,(H,36,42)(H,37,43)(H,39,41)(H4,34,35,38);2*(H,6,7). The molecule has 1 fully saturated rings. The van der Waals surface area contributed by atoms with E-state index >= 15 is 0 Å². The van der Waals surface area contributed by atoms with Crippen LogP contribution in [0.4, 0.5) is 32.0 Å². The fourth-order valence-corrected chi connectivity index (χ4v) is 5.01. The summed E-state index contributed by atoms with van der Waals surface area (Å²) in [6.07, 6.45) is -3.58. The number of unbranched alkanes of at least 4 members (excludes halogenated alkanes) is 3. The number of nitrogens with zero attached hydrogens (tertiary/aromatic N) is 1. The third kappa shape index (κ3) is 18.8. The molecule has 23 heteroatoms. The predicted molar refractivity (Wildman–Crippen MR) is 198 cm³/mol. The van der Waals surface area contributed by atoms with Crippen LogP contribution in [-0.4, -0.2) is 107 Å². The molecule has 0 saturated heterocycles. The van der Waals surface area contributed by atoms with Gasteiger partial charge in [-0.1, -0.05) is 25.0 Å². The van der Waals surface area contributed by atoms with Crippen LogP contribution in [0.3, 0.4) is 0 Å². The second-order valence-electron chi connectivity index (χ2n) is 13.1. The molecule has 4 rings (SSSR count). The van der Waals surface area contributed by atoms with Gasteiger partial charge in [-0.05, 0) is 74.4 Å². The lowest BCUT2D eigenvalue weighted by Gasteiger charge is -2.24. The third-order valence-corrected chi connectivity index (χ3v) is 8.20. The zero-order chi connectivity index (χ0) is 44.3. The van der Waals surface area contributed by atoms with E-state index in [1.54, 1.807) is 30.3 Å². The van der Waals surface area contributed by atoms with Crippen LogP contribution in [0.25, 0.3) is 0 Å². The molecule has 2 aromatic carbocycles. The summed E-state index contributed by atoms with van der Waals surface area (Å²) in [4.78, 5) is 69.3. The number of fused-ring (bicyclic) bond motifs is 1. The Kier molecular flexibility index (Phi) is 19.4. The number of aliphatic carboxylic acids is 2. The van der Waals surface area contributed by atoms with Gasteiger partial charge >= 0.3 is 24.3 Å². The monoisotopic (exact) mass is 848 g/mol. The number of anilines is 1. The molecule has 1 atom stereocenters. The number of alkyl halides is 6. The van der Waals surface area contributed by atoms with E-state index in [0.717, 1.165) is 44.1 Å². The summed E-state index contributed by atoms with van der Waals surface area (Å²) in [5.74, 6) is -5.75. The van der Waals surface area contributed by atoms with E-state index in [9.17, 15) is 45.5 Å². The van der Waals surface area contributed by atoms with Crippen LogP contribution in [0.15, 0.2) is 42.5 Å². The number of nitrogens with two attached hydrogens (primary N) is 2. The molecular weight excluding hydrogens is 802 g/mol. The van der Waals surface area contributed by atoms with Crippen molar-refractivity contribution in [2.24, 2.45) is 11.5 Å². The Balaban J connectivity index is 0.000000732. The Morgan fingerprint density at radius 3 is 1.88 bits per heavy atom. The minimum atomic E-state index is -5.08. The maximum absolute atomic E-state index is 13.4. The molecule has 59 heavy (non-hydrogen) atoms. The largest absolute Gasteiger partial charge is 0.490 e. The van der Waals surface area contributed by atoms with Gasteiger partial charge in [-0.25, -0.2) is 9.59 Å². The van der Waals surface area contributed by atoms with Crippen molar-refractivity contribution in [2.75, 3.05) is 31.6 Å². The number of hydrogen-bond acceptors (Lipinski definition) is 9. The molecule has 1 aliphatic heterocycles. The number of carboxylic acids is 2. The molecule has 11 N–H and O–H groups in total. The van der Waals surface area contributed by atoms with Gasteiger partial charge in [0.05, 0.1) is 11.7 Å². The summed E-state index contributed by atoms with van der Waals surface area (Å²) >= 11 is 0. The number of benzene rings is 2. The number of nitrogens with one attached hydrogen (secondary N) is 5. The van der Waals surface area contributed by atoms with E-state index in [1.165, 1.54) is 0 Å². The van der Waals surface area contributed by atoms with Gasteiger partial charge in [0.25, 0.3) is 17.7 Å². The molecule has 2 aliphatic rings. The van der Waals surface area contributed by atoms with Crippen molar-refractivity contribution in [3.05, 3.63) is 59.2 Å². The van der Waals surface area contributed by atoms with Gasteiger partial charge in [0.15, 0.2) is 12.6 Å². The number of carboxylic acid groups (broad SMARTS) is 2. The van der Waals surface area contributed by atoms with Crippen LogP contribution in [0.5, 0.6) is 5.75 Å². The Morgan fingerprint density at radius 2 is 1.36 bits per heavy atom. The smallest absolute Gasteiger partial charge is 0.482 e. The molecule has 4 amide bonds. The Hall–Kier alpha value is -6.13. The van der Waals surface area contributed by atoms with Crippen molar-refractivity contribution in [1.29, 1.82) is 5.41 Å². The zero-order valence-corrected chi connectivity index (χ0v) is 31.5. The molecule has 326 valence electrons. The van der Waals surface area contributed by atoms with Gasteiger partial charge in [-0.3, -0.25) is 24.6 Å². The van der Waals surface area contributed by atoms with Gasteiger partial charge in [-0.2, -0.15) is 26.3 Å². The normalized spacial score (nSPS) is 13.6. The summed E-state index contributed by atoms with van der Waals surface area (Å²) in [6, 6.07) is 12.0. The Morgan fingerprint density at radius 1 is 0.831 bits per heavy atom. The Bertz CT molecular complexity index is 1750. The number of halogens is 6. The van der Waals surface area contributed by atoms with E-state index in [1.807, 2.05) is 17.0 Å². The van der Waals surface area contributed by atoms with Gasteiger partial charge in [0.1, 0.15) is 5.75 Å². The topological polar surface area (TPSA) is 279 Å². The van der Waals surface area contributed by atoms with Crippen molar-refractivity contribution >= 4 is 47.2 Å². The first-order valence-corrected chi connectivity index (χ1v) is 18.1. The van der Waals surface area contributed by atoms with Gasteiger partial charge < -0.3 is 52.6 Å².